The van der Waals surface area contributed by atoms with Crippen LogP contribution in [0.25, 0.3) is 0 Å². The first-order valence-electron chi connectivity index (χ1n) is 14.9. The Bertz CT molecular complexity index is 1240. The zero-order valence-corrected chi connectivity index (χ0v) is 28.3. The topological polar surface area (TPSA) is 199 Å². The standard InChI is InChI=1S/C32H38OSi2.3HNO3/c1-3-5-27-34(29-19-11-7-12-20-29,30-21-13-8-14-22-30)33-35(28-6-4-2,31-23-15-9-16-24-31)32-25-17-10-18-26-32;3*2-1(3)4/h7-26H,3-6,27-28H2,1-2H3;3*(H,2,3,4). The third kappa shape index (κ3) is 13.8. The van der Waals surface area contributed by atoms with Crippen molar-refractivity contribution in [2.24, 2.45) is 0 Å². The van der Waals surface area contributed by atoms with Crippen molar-refractivity contribution < 1.29 is 35.0 Å². The minimum Gasteiger partial charge on any atom is -0.442 e. The maximum Gasteiger partial charge on any atom is 0.291 e. The molecule has 4 rings (SSSR count). The first-order valence-corrected chi connectivity index (χ1v) is 19.1. The molecule has 0 aliphatic carbocycles. The van der Waals surface area contributed by atoms with E-state index in [1.54, 1.807) is 0 Å². The van der Waals surface area contributed by atoms with E-state index in [9.17, 15) is 0 Å². The molecule has 0 aliphatic rings. The fourth-order valence-corrected chi connectivity index (χ4v) is 16.8. The number of rotatable bonds is 12. The van der Waals surface area contributed by atoms with Crippen LogP contribution in [0, 0.1) is 30.3 Å². The zero-order chi connectivity index (χ0) is 35.1. The van der Waals surface area contributed by atoms with E-state index in [-0.39, 0.29) is 0 Å². The Morgan fingerprint density at radius 2 is 0.681 bits per heavy atom. The largest absolute Gasteiger partial charge is 0.442 e. The van der Waals surface area contributed by atoms with Gasteiger partial charge in [-0.25, -0.2) is 0 Å². The molecule has 0 spiro atoms. The summed E-state index contributed by atoms with van der Waals surface area (Å²) in [6.45, 7) is 4.59. The average Bonchev–Trinajstić information content (AvgIpc) is 3.06. The summed E-state index contributed by atoms with van der Waals surface area (Å²) in [5, 5.41) is 46.5. The van der Waals surface area contributed by atoms with Crippen LogP contribution < -0.4 is 20.7 Å². The average molecular weight is 684 g/mol. The summed E-state index contributed by atoms with van der Waals surface area (Å²) < 4.78 is 8.05. The lowest BCUT2D eigenvalue weighted by molar-refractivity contribution is -0.742. The molecular weight excluding hydrogens is 643 g/mol. The first-order chi connectivity index (χ1) is 22.4. The van der Waals surface area contributed by atoms with Crippen LogP contribution in [0.5, 0.6) is 0 Å². The van der Waals surface area contributed by atoms with Crippen LogP contribution in [0.4, 0.5) is 0 Å². The summed E-state index contributed by atoms with van der Waals surface area (Å²) in [6.07, 6.45) is 4.66. The van der Waals surface area contributed by atoms with E-state index in [2.05, 4.69) is 135 Å². The van der Waals surface area contributed by atoms with E-state index in [4.69, 9.17) is 50.1 Å². The van der Waals surface area contributed by atoms with Crippen LogP contribution >= 0.6 is 0 Å². The molecule has 47 heavy (non-hydrogen) atoms. The van der Waals surface area contributed by atoms with E-state index in [1.165, 1.54) is 20.7 Å². The zero-order valence-electron chi connectivity index (χ0n) is 26.3. The van der Waals surface area contributed by atoms with Gasteiger partial charge in [0.05, 0.1) is 0 Å². The van der Waals surface area contributed by atoms with Crippen molar-refractivity contribution >= 4 is 37.4 Å². The van der Waals surface area contributed by atoms with E-state index in [1.807, 2.05) is 0 Å². The molecule has 0 radical (unpaired) electrons. The second-order valence-electron chi connectivity index (χ2n) is 10.1. The SMILES string of the molecule is CCCC[Si](O[Si](CCCC)(c1ccccc1)c1ccccc1)(c1ccccc1)c1ccccc1.O=[N+]([O-])O.O=[N+]([O-])O.O=[N+]([O-])O. The van der Waals surface area contributed by atoms with Gasteiger partial charge in [-0.1, -0.05) is 161 Å². The number of hydrogen-bond donors (Lipinski definition) is 3. The fraction of sp³-hybridized carbons (Fsp3) is 0.250. The molecule has 13 nitrogen and oxygen atoms in total. The van der Waals surface area contributed by atoms with Crippen LogP contribution in [0.1, 0.15) is 39.5 Å². The molecule has 0 fully saturated rings. The second kappa shape index (κ2) is 21.6. The van der Waals surface area contributed by atoms with Gasteiger partial charge in [-0.2, -0.15) is 0 Å². The molecule has 0 bridgehead atoms. The fourth-order valence-electron chi connectivity index (χ4n) is 5.23. The van der Waals surface area contributed by atoms with E-state index < -0.39 is 31.9 Å². The Balaban J connectivity index is 0.000000793. The van der Waals surface area contributed by atoms with Crippen molar-refractivity contribution in [1.82, 2.24) is 0 Å². The molecule has 0 atom stereocenters. The molecule has 0 amide bonds. The van der Waals surface area contributed by atoms with Gasteiger partial charge in [-0.3, -0.25) is 0 Å². The summed E-state index contributed by atoms with van der Waals surface area (Å²) in [4.78, 5) is 25.1. The predicted octanol–water partition coefficient (Wildman–Crippen LogP) is 5.08. The van der Waals surface area contributed by atoms with Gasteiger partial charge in [0.15, 0.2) is 0 Å². The van der Waals surface area contributed by atoms with Gasteiger partial charge >= 0.3 is 0 Å². The van der Waals surface area contributed by atoms with E-state index in [0.29, 0.717) is 0 Å². The number of unbranched alkanes of at least 4 members (excludes halogenated alkanes) is 2. The highest BCUT2D eigenvalue weighted by Gasteiger charge is 2.49. The molecule has 252 valence electrons. The van der Waals surface area contributed by atoms with Gasteiger partial charge < -0.3 is 19.7 Å². The molecule has 0 unspecified atom stereocenters. The minimum absolute atomic E-state index is 1.10. The summed E-state index contributed by atoms with van der Waals surface area (Å²) in [5.41, 5.74) is 0. The lowest BCUT2D eigenvalue weighted by Gasteiger charge is -2.44. The Labute approximate surface area is 275 Å². The second-order valence-corrected chi connectivity index (χ2v) is 17.6. The lowest BCUT2D eigenvalue weighted by atomic mass is 10.4. The Kier molecular flexibility index (Phi) is 18.3. The van der Waals surface area contributed by atoms with Crippen LogP contribution in [-0.2, 0) is 4.12 Å². The third-order valence-corrected chi connectivity index (χ3v) is 17.0. The molecule has 0 saturated carbocycles. The number of benzene rings is 4. The maximum atomic E-state index is 8.36. The summed E-state index contributed by atoms with van der Waals surface area (Å²) in [5.74, 6) is 0. The van der Waals surface area contributed by atoms with Crippen molar-refractivity contribution in [2.75, 3.05) is 0 Å². The van der Waals surface area contributed by atoms with Crippen LogP contribution in [0.3, 0.4) is 0 Å². The summed E-state index contributed by atoms with van der Waals surface area (Å²) in [6, 6.07) is 46.8. The van der Waals surface area contributed by atoms with Gasteiger partial charge in [-0.15, -0.1) is 30.3 Å². The van der Waals surface area contributed by atoms with Gasteiger partial charge in [0.25, 0.3) is 15.3 Å². The van der Waals surface area contributed by atoms with Gasteiger partial charge in [0.1, 0.15) is 0 Å². The lowest BCUT2D eigenvalue weighted by Crippen LogP contribution is -2.72. The van der Waals surface area contributed by atoms with E-state index in [0.717, 1.165) is 37.8 Å². The Morgan fingerprint density at radius 3 is 0.851 bits per heavy atom. The monoisotopic (exact) mass is 683 g/mol. The summed E-state index contributed by atoms with van der Waals surface area (Å²) >= 11 is 0. The molecule has 0 aliphatic heterocycles. The smallest absolute Gasteiger partial charge is 0.291 e. The molecule has 0 saturated heterocycles. The number of hydrogen-bond acceptors (Lipinski definition) is 7. The van der Waals surface area contributed by atoms with Crippen LogP contribution in [-0.4, -0.2) is 47.5 Å². The minimum atomic E-state index is -2.56. The first kappa shape index (κ1) is 39.9. The highest BCUT2D eigenvalue weighted by Crippen LogP contribution is 2.26. The van der Waals surface area contributed by atoms with E-state index >= 15 is 0 Å². The van der Waals surface area contributed by atoms with Crippen molar-refractivity contribution in [3.63, 3.8) is 0 Å². The van der Waals surface area contributed by atoms with Crippen molar-refractivity contribution in [2.45, 2.75) is 51.6 Å². The molecule has 0 heterocycles. The molecule has 0 aromatic heterocycles. The highest BCUT2D eigenvalue weighted by atomic mass is 28.4. The Hall–Kier alpha value is -5.13. The molecule has 4 aromatic carbocycles. The van der Waals surface area contributed by atoms with Gasteiger partial charge in [0.2, 0.25) is 16.6 Å². The maximum absolute atomic E-state index is 8.36. The highest BCUT2D eigenvalue weighted by molar-refractivity contribution is 7.09. The molecule has 3 N–H and O–H groups in total. The van der Waals surface area contributed by atoms with Crippen molar-refractivity contribution in [3.8, 4) is 0 Å². The molecule has 15 heteroatoms. The summed E-state index contributed by atoms with van der Waals surface area (Å²) in [7, 11) is -5.12. The van der Waals surface area contributed by atoms with Crippen molar-refractivity contribution in [1.29, 1.82) is 0 Å². The van der Waals surface area contributed by atoms with Crippen molar-refractivity contribution in [3.05, 3.63) is 152 Å². The van der Waals surface area contributed by atoms with Crippen LogP contribution in [0.2, 0.25) is 12.1 Å². The third-order valence-electron chi connectivity index (χ3n) is 7.07. The quantitative estimate of drug-likeness (QED) is 0.103. The molecule has 4 aromatic rings. The number of nitrogens with zero attached hydrogens (tertiary/aromatic N) is 3. The normalized spacial score (nSPS) is 10.4. The Morgan fingerprint density at radius 1 is 0.489 bits per heavy atom. The van der Waals surface area contributed by atoms with Crippen LogP contribution in [0.15, 0.2) is 121 Å². The van der Waals surface area contributed by atoms with Gasteiger partial charge in [0, 0.05) is 0 Å². The molecular formula is C32H41N3O10Si2. The predicted molar refractivity (Wildman–Crippen MR) is 183 cm³/mol. The van der Waals surface area contributed by atoms with Gasteiger partial charge in [-0.05, 0) is 32.8 Å².